The van der Waals surface area contributed by atoms with Crippen molar-refractivity contribution in [1.82, 2.24) is 15.2 Å². The zero-order chi connectivity index (χ0) is 26.1. The van der Waals surface area contributed by atoms with Crippen LogP contribution in [0.15, 0.2) is 24.5 Å². The number of carboxylic acid groups (broad SMARTS) is 2. The van der Waals surface area contributed by atoms with Gasteiger partial charge in [0.15, 0.2) is 0 Å². The Labute approximate surface area is 189 Å². The summed E-state index contributed by atoms with van der Waals surface area (Å²) in [7, 11) is 1.67. The van der Waals surface area contributed by atoms with Crippen LogP contribution in [0.4, 0.5) is 26.3 Å². The third-order valence-corrected chi connectivity index (χ3v) is 4.82. The zero-order valence-electron chi connectivity index (χ0n) is 17.8. The number of ether oxygens (including phenoxy) is 1. The number of carboxylic acids is 2. The molecule has 2 aliphatic rings. The number of hydrogen-bond donors (Lipinski definition) is 3. The van der Waals surface area contributed by atoms with Gasteiger partial charge in [0.1, 0.15) is 6.10 Å². The molecule has 0 aromatic carbocycles. The lowest BCUT2D eigenvalue weighted by Gasteiger charge is -2.35. The number of amides is 1. The molecule has 0 aliphatic carbocycles. The quantitative estimate of drug-likeness (QED) is 0.536. The molecule has 2 aliphatic heterocycles. The number of carbonyl (C=O) groups is 3. The summed E-state index contributed by atoms with van der Waals surface area (Å²) in [4.78, 5) is 36.0. The molecule has 34 heavy (non-hydrogen) atoms. The van der Waals surface area contributed by atoms with Gasteiger partial charge >= 0.3 is 24.3 Å². The van der Waals surface area contributed by atoms with Crippen molar-refractivity contribution in [3.8, 4) is 0 Å². The van der Waals surface area contributed by atoms with Crippen LogP contribution in [0.5, 0.6) is 0 Å². The molecule has 9 nitrogen and oxygen atoms in total. The second-order valence-electron chi connectivity index (χ2n) is 7.14. The molecule has 1 amide bonds. The van der Waals surface area contributed by atoms with Crippen molar-refractivity contribution in [2.75, 3.05) is 13.6 Å². The minimum absolute atomic E-state index is 0.0102. The van der Waals surface area contributed by atoms with Gasteiger partial charge in [-0.05, 0) is 37.0 Å². The van der Waals surface area contributed by atoms with Crippen LogP contribution in [0.2, 0.25) is 0 Å². The van der Waals surface area contributed by atoms with Gasteiger partial charge in [-0.2, -0.15) is 26.3 Å². The van der Waals surface area contributed by atoms with E-state index in [0.29, 0.717) is 6.04 Å². The number of hydrogen-bond acceptors (Lipinski definition) is 6. The summed E-state index contributed by atoms with van der Waals surface area (Å²) in [5, 5.41) is 16.9. The number of fused-ring (bicyclic) bond motifs is 1. The molecule has 3 rings (SSSR count). The van der Waals surface area contributed by atoms with Crippen molar-refractivity contribution in [3.05, 3.63) is 30.1 Å². The number of rotatable bonds is 3. The Balaban J connectivity index is 0.000000343. The highest BCUT2D eigenvalue weighted by Crippen LogP contribution is 2.32. The van der Waals surface area contributed by atoms with Gasteiger partial charge in [0.05, 0.1) is 6.10 Å². The van der Waals surface area contributed by atoms with Crippen molar-refractivity contribution >= 4 is 17.8 Å². The third-order valence-electron chi connectivity index (χ3n) is 4.82. The summed E-state index contributed by atoms with van der Waals surface area (Å²) < 4.78 is 69.4. The average Bonchev–Trinajstić information content (AvgIpc) is 3.15. The molecule has 15 heteroatoms. The summed E-state index contributed by atoms with van der Waals surface area (Å²) >= 11 is 0. The molecule has 1 aromatic heterocycles. The van der Waals surface area contributed by atoms with E-state index in [9.17, 15) is 31.1 Å². The second kappa shape index (κ2) is 12.5. The van der Waals surface area contributed by atoms with Crippen LogP contribution in [-0.2, 0) is 25.7 Å². The molecule has 2 fully saturated rings. The van der Waals surface area contributed by atoms with Crippen LogP contribution in [0.3, 0.4) is 0 Å². The molecular formula is C19H23F6N3O6. The zero-order valence-corrected chi connectivity index (χ0v) is 17.8. The number of nitrogens with zero attached hydrogens (tertiary/aromatic N) is 2. The number of nitrogens with one attached hydrogen (secondary N) is 1. The molecule has 0 saturated carbocycles. The largest absolute Gasteiger partial charge is 0.490 e. The van der Waals surface area contributed by atoms with E-state index in [-0.39, 0.29) is 18.1 Å². The van der Waals surface area contributed by atoms with Crippen molar-refractivity contribution < 1.29 is 55.7 Å². The Morgan fingerprint density at radius 1 is 1.03 bits per heavy atom. The van der Waals surface area contributed by atoms with Gasteiger partial charge in [0.2, 0.25) is 5.91 Å². The molecule has 1 aromatic rings. The first-order valence-corrected chi connectivity index (χ1v) is 9.77. The van der Waals surface area contributed by atoms with Crippen LogP contribution in [0.1, 0.15) is 24.8 Å². The van der Waals surface area contributed by atoms with Gasteiger partial charge in [0.25, 0.3) is 0 Å². The highest BCUT2D eigenvalue weighted by atomic mass is 19.4. The molecule has 0 unspecified atom stereocenters. The molecule has 3 atom stereocenters. The van der Waals surface area contributed by atoms with Gasteiger partial charge in [-0.3, -0.25) is 14.7 Å². The normalized spacial score (nSPS) is 22.3. The lowest BCUT2D eigenvalue weighted by atomic mass is 9.98. The number of halogens is 6. The van der Waals surface area contributed by atoms with Crippen LogP contribution in [0.25, 0.3) is 0 Å². The maximum Gasteiger partial charge on any atom is 0.490 e. The summed E-state index contributed by atoms with van der Waals surface area (Å²) in [5.74, 6) is -5.50. The molecule has 0 radical (unpaired) electrons. The molecule has 0 spiro atoms. The van der Waals surface area contributed by atoms with Crippen molar-refractivity contribution in [1.29, 1.82) is 0 Å². The average molecular weight is 503 g/mol. The van der Waals surface area contributed by atoms with Gasteiger partial charge in [-0.25, -0.2) is 9.59 Å². The first kappa shape index (κ1) is 29.1. The van der Waals surface area contributed by atoms with Crippen LogP contribution >= 0.6 is 0 Å². The Bertz CT molecular complexity index is 797. The van der Waals surface area contributed by atoms with E-state index < -0.39 is 24.3 Å². The molecule has 3 N–H and O–H groups in total. The van der Waals surface area contributed by atoms with Gasteiger partial charge in [-0.1, -0.05) is 0 Å². The standard InChI is InChI=1S/C15H21N3O2.2C2HF3O2/c1-16-15(19)14-3-2-12-13(20-14)6-9-18(12)10-11-4-7-17-8-5-11;2*3-2(4,5)1(6)7/h4-5,7-8,12-14H,2-3,6,9-10H2,1H3,(H,16,19);2*(H,6,7)/t12-,13-,14+;;/m1../s1. The Hall–Kier alpha value is -2.94. The van der Waals surface area contributed by atoms with Crippen molar-refractivity contribution in [2.45, 2.75) is 56.4 Å². The summed E-state index contributed by atoms with van der Waals surface area (Å²) in [5.41, 5.74) is 1.29. The lowest BCUT2D eigenvalue weighted by Crippen LogP contribution is -2.47. The lowest BCUT2D eigenvalue weighted by molar-refractivity contribution is -0.193. The number of alkyl halides is 6. The van der Waals surface area contributed by atoms with Gasteiger partial charge in [-0.15, -0.1) is 0 Å². The van der Waals surface area contributed by atoms with E-state index >= 15 is 0 Å². The van der Waals surface area contributed by atoms with E-state index in [0.717, 1.165) is 32.4 Å². The first-order valence-electron chi connectivity index (χ1n) is 9.77. The topological polar surface area (TPSA) is 129 Å². The maximum absolute atomic E-state index is 11.7. The number of aromatic nitrogens is 1. The van der Waals surface area contributed by atoms with E-state index in [4.69, 9.17) is 24.5 Å². The summed E-state index contributed by atoms with van der Waals surface area (Å²) in [6, 6.07) is 4.57. The Kier molecular flexibility index (Phi) is 10.7. The van der Waals surface area contributed by atoms with Crippen molar-refractivity contribution in [3.63, 3.8) is 0 Å². The third kappa shape index (κ3) is 9.51. The molecule has 192 valence electrons. The fraction of sp³-hybridized carbons (Fsp3) is 0.579. The van der Waals surface area contributed by atoms with Gasteiger partial charge < -0.3 is 20.3 Å². The second-order valence-corrected chi connectivity index (χ2v) is 7.14. The minimum Gasteiger partial charge on any atom is -0.475 e. The summed E-state index contributed by atoms with van der Waals surface area (Å²) in [6.45, 7) is 1.98. The number of likely N-dealkylation sites (N-methyl/N-ethyl adjacent to an activating group) is 1. The smallest absolute Gasteiger partial charge is 0.475 e. The first-order chi connectivity index (χ1) is 15.7. The minimum atomic E-state index is -5.08. The highest BCUT2D eigenvalue weighted by Gasteiger charge is 2.41. The van der Waals surface area contributed by atoms with Crippen LogP contribution in [-0.4, -0.2) is 82.1 Å². The number of aliphatic carboxylic acids is 2. The molecule has 2 saturated heterocycles. The van der Waals surface area contributed by atoms with E-state index in [2.05, 4.69) is 27.3 Å². The summed E-state index contributed by atoms with van der Waals surface area (Å²) in [6.07, 6.45) is -3.69. The number of carbonyl (C=O) groups excluding carboxylic acids is 1. The SMILES string of the molecule is CNC(=O)[C@@H]1CC[C@@H]2[C@@H](CCN2Cc2ccncc2)O1.O=C(O)C(F)(F)F.O=C(O)C(F)(F)F. The highest BCUT2D eigenvalue weighted by molar-refractivity contribution is 5.80. The molecule has 3 heterocycles. The predicted molar refractivity (Wildman–Crippen MR) is 102 cm³/mol. The fourth-order valence-corrected chi connectivity index (χ4v) is 3.29. The fourth-order valence-electron chi connectivity index (χ4n) is 3.29. The Morgan fingerprint density at radius 3 is 1.97 bits per heavy atom. The monoisotopic (exact) mass is 503 g/mol. The predicted octanol–water partition coefficient (Wildman–Crippen LogP) is 2.22. The van der Waals surface area contributed by atoms with E-state index in [1.807, 2.05) is 12.4 Å². The van der Waals surface area contributed by atoms with Gasteiger partial charge in [0, 0.05) is 38.6 Å². The van der Waals surface area contributed by atoms with Crippen molar-refractivity contribution in [2.24, 2.45) is 0 Å². The molecule has 0 bridgehead atoms. The Morgan fingerprint density at radius 2 is 1.53 bits per heavy atom. The van der Waals surface area contributed by atoms with Crippen LogP contribution in [0, 0.1) is 0 Å². The maximum atomic E-state index is 11.7. The van der Waals surface area contributed by atoms with Crippen LogP contribution < -0.4 is 5.32 Å². The number of likely N-dealkylation sites (tertiary alicyclic amines) is 1. The molecular weight excluding hydrogens is 480 g/mol. The number of pyridine rings is 1. The van der Waals surface area contributed by atoms with E-state index in [1.54, 1.807) is 7.05 Å². The van der Waals surface area contributed by atoms with E-state index in [1.165, 1.54) is 5.56 Å².